The standard InChI is InChI=1S/C16H18FNS/c1-11-3-5-14(9-12(11)2)19-16-6-4-13(7-8-18)10-15(16)17/h3-6,9-10H,7-8,18H2,1-2H3. The van der Waals surface area contributed by atoms with Crippen molar-refractivity contribution in [2.75, 3.05) is 6.54 Å². The summed E-state index contributed by atoms with van der Waals surface area (Å²) in [5.41, 5.74) is 8.90. The molecule has 0 aliphatic carbocycles. The zero-order chi connectivity index (χ0) is 13.8. The summed E-state index contributed by atoms with van der Waals surface area (Å²) in [6, 6.07) is 11.5. The highest BCUT2D eigenvalue weighted by Gasteiger charge is 2.06. The SMILES string of the molecule is Cc1ccc(Sc2ccc(CCN)cc2F)cc1C. The third-order valence-electron chi connectivity index (χ3n) is 3.14. The van der Waals surface area contributed by atoms with Crippen molar-refractivity contribution in [3.05, 3.63) is 58.9 Å². The Labute approximate surface area is 118 Å². The van der Waals surface area contributed by atoms with Crippen LogP contribution in [0, 0.1) is 19.7 Å². The Morgan fingerprint density at radius 3 is 2.47 bits per heavy atom. The highest BCUT2D eigenvalue weighted by molar-refractivity contribution is 7.99. The molecule has 2 aromatic rings. The Kier molecular flexibility index (Phi) is 4.61. The van der Waals surface area contributed by atoms with Gasteiger partial charge in [0.25, 0.3) is 0 Å². The largest absolute Gasteiger partial charge is 0.330 e. The molecule has 2 rings (SSSR count). The number of hydrogen-bond acceptors (Lipinski definition) is 2. The van der Waals surface area contributed by atoms with E-state index in [1.54, 1.807) is 6.07 Å². The van der Waals surface area contributed by atoms with Crippen molar-refractivity contribution >= 4 is 11.8 Å². The molecule has 0 unspecified atom stereocenters. The van der Waals surface area contributed by atoms with E-state index >= 15 is 0 Å². The molecule has 0 saturated carbocycles. The van der Waals surface area contributed by atoms with Crippen molar-refractivity contribution in [2.45, 2.75) is 30.1 Å². The van der Waals surface area contributed by atoms with Crippen molar-refractivity contribution < 1.29 is 4.39 Å². The molecule has 0 aliphatic rings. The Morgan fingerprint density at radius 1 is 1.05 bits per heavy atom. The van der Waals surface area contributed by atoms with E-state index in [4.69, 9.17) is 5.73 Å². The summed E-state index contributed by atoms with van der Waals surface area (Å²) in [6.45, 7) is 4.69. The molecule has 0 saturated heterocycles. The maximum atomic E-state index is 14.0. The Bertz CT molecular complexity index is 581. The summed E-state index contributed by atoms with van der Waals surface area (Å²) >= 11 is 1.46. The summed E-state index contributed by atoms with van der Waals surface area (Å²) in [7, 11) is 0. The van der Waals surface area contributed by atoms with Gasteiger partial charge in [-0.05, 0) is 67.8 Å². The van der Waals surface area contributed by atoms with Gasteiger partial charge in [0.15, 0.2) is 0 Å². The molecule has 0 bridgehead atoms. The van der Waals surface area contributed by atoms with Crippen molar-refractivity contribution in [3.63, 3.8) is 0 Å². The van der Waals surface area contributed by atoms with E-state index in [9.17, 15) is 4.39 Å². The van der Waals surface area contributed by atoms with E-state index in [1.807, 2.05) is 18.2 Å². The number of halogens is 1. The molecule has 0 aliphatic heterocycles. The van der Waals surface area contributed by atoms with Crippen molar-refractivity contribution in [1.82, 2.24) is 0 Å². The predicted molar refractivity (Wildman–Crippen MR) is 79.2 cm³/mol. The molecule has 2 aromatic carbocycles. The van der Waals surface area contributed by atoms with E-state index < -0.39 is 0 Å². The maximum Gasteiger partial charge on any atom is 0.137 e. The van der Waals surface area contributed by atoms with Gasteiger partial charge in [-0.15, -0.1) is 0 Å². The van der Waals surface area contributed by atoms with Gasteiger partial charge in [-0.25, -0.2) is 4.39 Å². The van der Waals surface area contributed by atoms with Crippen LogP contribution in [0.1, 0.15) is 16.7 Å². The molecule has 0 atom stereocenters. The minimum atomic E-state index is -0.172. The highest BCUT2D eigenvalue weighted by atomic mass is 32.2. The first-order valence-electron chi connectivity index (χ1n) is 6.34. The minimum absolute atomic E-state index is 0.172. The second-order valence-corrected chi connectivity index (χ2v) is 5.77. The van der Waals surface area contributed by atoms with E-state index in [0.717, 1.165) is 10.5 Å². The Balaban J connectivity index is 2.20. The van der Waals surface area contributed by atoms with Crippen molar-refractivity contribution in [2.24, 2.45) is 5.73 Å². The molecule has 0 radical (unpaired) electrons. The number of aryl methyl sites for hydroxylation is 2. The molecule has 0 spiro atoms. The molecule has 2 N–H and O–H groups in total. The molecular weight excluding hydrogens is 257 g/mol. The van der Waals surface area contributed by atoms with E-state index in [2.05, 4.69) is 26.0 Å². The lowest BCUT2D eigenvalue weighted by Crippen LogP contribution is -2.02. The van der Waals surface area contributed by atoms with Crippen LogP contribution in [0.15, 0.2) is 46.2 Å². The number of rotatable bonds is 4. The van der Waals surface area contributed by atoms with Gasteiger partial charge in [0.1, 0.15) is 5.82 Å². The lowest BCUT2D eigenvalue weighted by molar-refractivity contribution is 0.599. The topological polar surface area (TPSA) is 26.0 Å². The van der Waals surface area contributed by atoms with Crippen LogP contribution in [0.3, 0.4) is 0 Å². The number of benzene rings is 2. The smallest absolute Gasteiger partial charge is 0.137 e. The molecule has 1 nitrogen and oxygen atoms in total. The average molecular weight is 275 g/mol. The summed E-state index contributed by atoms with van der Waals surface area (Å²) in [4.78, 5) is 1.72. The van der Waals surface area contributed by atoms with Crippen molar-refractivity contribution in [3.8, 4) is 0 Å². The van der Waals surface area contributed by atoms with Gasteiger partial charge in [0.2, 0.25) is 0 Å². The van der Waals surface area contributed by atoms with E-state index in [1.165, 1.54) is 22.9 Å². The first-order valence-corrected chi connectivity index (χ1v) is 7.15. The third kappa shape index (κ3) is 3.58. The highest BCUT2D eigenvalue weighted by Crippen LogP contribution is 2.31. The molecule has 100 valence electrons. The molecule has 0 fully saturated rings. The van der Waals surface area contributed by atoms with Crippen LogP contribution in [0.5, 0.6) is 0 Å². The first-order chi connectivity index (χ1) is 9.10. The van der Waals surface area contributed by atoms with Crippen LogP contribution in [-0.4, -0.2) is 6.54 Å². The first kappa shape index (κ1) is 14.1. The average Bonchev–Trinajstić information content (AvgIpc) is 2.37. The van der Waals surface area contributed by atoms with Gasteiger partial charge in [-0.1, -0.05) is 23.9 Å². The molecule has 0 heterocycles. The van der Waals surface area contributed by atoms with Gasteiger partial charge in [-0.2, -0.15) is 0 Å². The lowest BCUT2D eigenvalue weighted by atomic mass is 10.1. The summed E-state index contributed by atoms with van der Waals surface area (Å²) < 4.78 is 14.0. The number of nitrogens with two attached hydrogens (primary N) is 1. The quantitative estimate of drug-likeness (QED) is 0.909. The van der Waals surface area contributed by atoms with Crippen LogP contribution in [0.4, 0.5) is 4.39 Å². The lowest BCUT2D eigenvalue weighted by Gasteiger charge is -2.07. The molecule has 19 heavy (non-hydrogen) atoms. The second kappa shape index (κ2) is 6.22. The van der Waals surface area contributed by atoms with E-state index in [0.29, 0.717) is 17.9 Å². The van der Waals surface area contributed by atoms with Gasteiger partial charge < -0.3 is 5.73 Å². The fourth-order valence-corrected chi connectivity index (χ4v) is 2.77. The van der Waals surface area contributed by atoms with Gasteiger partial charge in [0, 0.05) is 9.79 Å². The minimum Gasteiger partial charge on any atom is -0.330 e. The second-order valence-electron chi connectivity index (χ2n) is 4.65. The number of hydrogen-bond donors (Lipinski definition) is 1. The zero-order valence-corrected chi connectivity index (χ0v) is 12.1. The molecule has 0 amide bonds. The van der Waals surface area contributed by atoms with Crippen molar-refractivity contribution in [1.29, 1.82) is 0 Å². The summed E-state index contributed by atoms with van der Waals surface area (Å²) in [6.07, 6.45) is 0.714. The molecule has 0 aromatic heterocycles. The molecule has 3 heteroatoms. The maximum absolute atomic E-state index is 14.0. The summed E-state index contributed by atoms with van der Waals surface area (Å²) in [5.74, 6) is -0.172. The van der Waals surface area contributed by atoms with Crippen LogP contribution in [0.25, 0.3) is 0 Å². The normalized spacial score (nSPS) is 10.7. The monoisotopic (exact) mass is 275 g/mol. The van der Waals surface area contributed by atoms with Crippen LogP contribution in [0.2, 0.25) is 0 Å². The van der Waals surface area contributed by atoms with Crippen LogP contribution >= 0.6 is 11.8 Å². The Hall–Kier alpha value is -1.32. The van der Waals surface area contributed by atoms with E-state index in [-0.39, 0.29) is 5.82 Å². The van der Waals surface area contributed by atoms with Gasteiger partial charge in [-0.3, -0.25) is 0 Å². The zero-order valence-electron chi connectivity index (χ0n) is 11.2. The van der Waals surface area contributed by atoms with Crippen LogP contribution < -0.4 is 5.73 Å². The molecular formula is C16H18FNS. The van der Waals surface area contributed by atoms with Gasteiger partial charge >= 0.3 is 0 Å². The fourth-order valence-electron chi connectivity index (χ4n) is 1.85. The predicted octanol–water partition coefficient (Wildman–Crippen LogP) is 4.09. The summed E-state index contributed by atoms with van der Waals surface area (Å²) in [5, 5.41) is 0. The van der Waals surface area contributed by atoms with Crippen LogP contribution in [-0.2, 0) is 6.42 Å². The van der Waals surface area contributed by atoms with Gasteiger partial charge in [0.05, 0.1) is 0 Å². The third-order valence-corrected chi connectivity index (χ3v) is 4.18. The fraction of sp³-hybridized carbons (Fsp3) is 0.250. The Morgan fingerprint density at radius 2 is 1.84 bits per heavy atom.